The van der Waals surface area contributed by atoms with Gasteiger partial charge in [-0.3, -0.25) is 0 Å². The van der Waals surface area contributed by atoms with E-state index in [4.69, 9.17) is 9.57 Å². The van der Waals surface area contributed by atoms with Crippen molar-refractivity contribution >= 4 is 11.5 Å². The first-order chi connectivity index (χ1) is 13.2. The summed E-state index contributed by atoms with van der Waals surface area (Å²) >= 11 is 0. The molecule has 6 nitrogen and oxygen atoms in total. The van der Waals surface area contributed by atoms with Gasteiger partial charge >= 0.3 is 0 Å². The van der Waals surface area contributed by atoms with Gasteiger partial charge in [0.2, 0.25) is 0 Å². The molecular formula is C21H28N4O2. The second-order valence-electron chi connectivity index (χ2n) is 6.98. The smallest absolute Gasteiger partial charge is 0.151 e. The minimum Gasteiger partial charge on any atom is -0.494 e. The summed E-state index contributed by atoms with van der Waals surface area (Å²) in [5.74, 6) is 2.59. The molecule has 0 N–H and O–H groups in total. The molecule has 1 saturated heterocycles. The van der Waals surface area contributed by atoms with Crippen molar-refractivity contribution in [3.8, 4) is 5.75 Å². The highest BCUT2D eigenvalue weighted by Gasteiger charge is 2.20. The summed E-state index contributed by atoms with van der Waals surface area (Å²) in [6, 6.07) is 12.1. The van der Waals surface area contributed by atoms with E-state index in [0.717, 1.165) is 54.7 Å². The molecule has 144 valence electrons. The van der Waals surface area contributed by atoms with Crippen LogP contribution in [0, 0.1) is 12.8 Å². The van der Waals surface area contributed by atoms with Crippen molar-refractivity contribution in [2.75, 3.05) is 31.7 Å². The van der Waals surface area contributed by atoms with E-state index in [9.17, 15) is 0 Å². The van der Waals surface area contributed by atoms with Crippen molar-refractivity contribution in [1.29, 1.82) is 0 Å². The summed E-state index contributed by atoms with van der Waals surface area (Å²) < 4.78 is 5.92. The Morgan fingerprint density at radius 1 is 1.11 bits per heavy atom. The van der Waals surface area contributed by atoms with E-state index in [1.54, 1.807) is 7.11 Å². The van der Waals surface area contributed by atoms with Gasteiger partial charge in [-0.1, -0.05) is 5.16 Å². The highest BCUT2D eigenvalue weighted by Crippen LogP contribution is 2.24. The van der Waals surface area contributed by atoms with Crippen LogP contribution in [0.25, 0.3) is 0 Å². The van der Waals surface area contributed by atoms with E-state index in [1.165, 1.54) is 12.8 Å². The molecule has 1 fully saturated rings. The van der Waals surface area contributed by atoms with E-state index in [-0.39, 0.29) is 0 Å². The lowest BCUT2D eigenvalue weighted by atomic mass is 9.94. The zero-order valence-corrected chi connectivity index (χ0v) is 16.4. The van der Waals surface area contributed by atoms with Crippen LogP contribution in [-0.4, -0.2) is 42.7 Å². The van der Waals surface area contributed by atoms with E-state index in [0.29, 0.717) is 5.92 Å². The van der Waals surface area contributed by atoms with Crippen molar-refractivity contribution in [3.05, 3.63) is 47.7 Å². The van der Waals surface area contributed by atoms with Gasteiger partial charge in [-0.05, 0) is 81.0 Å². The number of oxime groups is 1. The van der Waals surface area contributed by atoms with Crippen LogP contribution >= 0.6 is 0 Å². The highest BCUT2D eigenvalue weighted by atomic mass is 16.6. The summed E-state index contributed by atoms with van der Waals surface area (Å²) in [6.07, 6.45) is 3.42. The standard InChI is InChI=1S/C21H28N4O2/c1-16-4-9-21(23-22-16)25-13-10-18(11-14-25)12-15-27-20-7-5-19(6-8-20)17(2)24-26-3/h4-9,18H,10-15H2,1-3H3/b24-17+. The van der Waals surface area contributed by atoms with Crippen LogP contribution < -0.4 is 9.64 Å². The molecule has 0 aliphatic carbocycles. The molecule has 0 saturated carbocycles. The van der Waals surface area contributed by atoms with Crippen LogP contribution in [0.15, 0.2) is 41.6 Å². The topological polar surface area (TPSA) is 59.8 Å². The lowest BCUT2D eigenvalue weighted by molar-refractivity contribution is 0.213. The maximum Gasteiger partial charge on any atom is 0.151 e. The Bertz CT molecular complexity index is 736. The number of anilines is 1. The number of hydrogen-bond donors (Lipinski definition) is 0. The number of piperidine rings is 1. The van der Waals surface area contributed by atoms with E-state index in [2.05, 4.69) is 26.3 Å². The molecule has 2 heterocycles. The molecule has 0 radical (unpaired) electrons. The third-order valence-electron chi connectivity index (χ3n) is 5.02. The monoisotopic (exact) mass is 368 g/mol. The fraction of sp³-hybridized carbons (Fsp3) is 0.476. The number of hydrogen-bond acceptors (Lipinski definition) is 6. The first-order valence-corrected chi connectivity index (χ1v) is 9.52. The molecule has 6 heteroatoms. The second-order valence-corrected chi connectivity index (χ2v) is 6.98. The van der Waals surface area contributed by atoms with Gasteiger partial charge in [-0.25, -0.2) is 0 Å². The fourth-order valence-electron chi connectivity index (χ4n) is 3.34. The van der Waals surface area contributed by atoms with Crippen LogP contribution in [0.1, 0.15) is 37.4 Å². The van der Waals surface area contributed by atoms with Crippen molar-refractivity contribution in [1.82, 2.24) is 10.2 Å². The lowest BCUT2D eigenvalue weighted by Gasteiger charge is -2.32. The van der Waals surface area contributed by atoms with Gasteiger partial charge < -0.3 is 14.5 Å². The maximum absolute atomic E-state index is 5.92. The average molecular weight is 368 g/mol. The molecule has 0 unspecified atom stereocenters. The highest BCUT2D eigenvalue weighted by molar-refractivity contribution is 5.98. The molecular weight excluding hydrogens is 340 g/mol. The summed E-state index contributed by atoms with van der Waals surface area (Å²) in [4.78, 5) is 7.13. The maximum atomic E-state index is 5.92. The van der Waals surface area contributed by atoms with Crippen LogP contribution in [0.3, 0.4) is 0 Å². The Morgan fingerprint density at radius 3 is 2.48 bits per heavy atom. The van der Waals surface area contributed by atoms with Gasteiger partial charge in [0.25, 0.3) is 0 Å². The van der Waals surface area contributed by atoms with Crippen molar-refractivity contribution in [2.45, 2.75) is 33.1 Å². The molecule has 0 spiro atoms. The second kappa shape index (κ2) is 9.35. The number of nitrogens with zero attached hydrogens (tertiary/aromatic N) is 4. The van der Waals surface area contributed by atoms with Gasteiger partial charge in [-0.2, -0.15) is 5.10 Å². The molecule has 0 bridgehead atoms. The molecule has 1 aliphatic heterocycles. The van der Waals surface area contributed by atoms with Gasteiger partial charge in [-0.15, -0.1) is 5.10 Å². The Labute approximate surface area is 161 Å². The summed E-state index contributed by atoms with van der Waals surface area (Å²) in [7, 11) is 1.56. The zero-order chi connectivity index (χ0) is 19.1. The fourth-order valence-corrected chi connectivity index (χ4v) is 3.34. The molecule has 0 amide bonds. The molecule has 27 heavy (non-hydrogen) atoms. The summed E-state index contributed by atoms with van der Waals surface area (Å²) in [6.45, 7) is 6.71. The third-order valence-corrected chi connectivity index (χ3v) is 5.02. The number of aromatic nitrogens is 2. The quantitative estimate of drug-likeness (QED) is 0.549. The molecule has 2 aromatic rings. The normalized spacial score (nSPS) is 15.7. The van der Waals surface area contributed by atoms with Gasteiger partial charge in [0, 0.05) is 13.1 Å². The Kier molecular flexibility index (Phi) is 6.63. The number of ether oxygens (including phenoxy) is 1. The van der Waals surface area contributed by atoms with E-state index >= 15 is 0 Å². The first kappa shape index (κ1) is 19.1. The number of benzene rings is 1. The SMILES string of the molecule is CO/N=C(\C)c1ccc(OCCC2CCN(c3ccc(C)nn3)CC2)cc1. The van der Waals surface area contributed by atoms with Crippen LogP contribution in [-0.2, 0) is 4.84 Å². The largest absolute Gasteiger partial charge is 0.494 e. The Balaban J connectivity index is 1.40. The molecule has 3 rings (SSSR count). The Hall–Kier alpha value is -2.63. The minimum atomic E-state index is 0.704. The van der Waals surface area contributed by atoms with Crippen molar-refractivity contribution in [3.63, 3.8) is 0 Å². The van der Waals surface area contributed by atoms with Crippen molar-refractivity contribution < 1.29 is 9.57 Å². The van der Waals surface area contributed by atoms with Gasteiger partial charge in [0.1, 0.15) is 12.9 Å². The Morgan fingerprint density at radius 2 is 1.85 bits per heavy atom. The van der Waals surface area contributed by atoms with Crippen LogP contribution in [0.4, 0.5) is 5.82 Å². The molecule has 1 aliphatic rings. The predicted octanol–water partition coefficient (Wildman–Crippen LogP) is 3.84. The van der Waals surface area contributed by atoms with Crippen LogP contribution in [0.5, 0.6) is 5.75 Å². The zero-order valence-electron chi connectivity index (χ0n) is 16.4. The van der Waals surface area contributed by atoms with Crippen LogP contribution in [0.2, 0.25) is 0 Å². The van der Waals surface area contributed by atoms with Crippen molar-refractivity contribution in [2.24, 2.45) is 11.1 Å². The van der Waals surface area contributed by atoms with Gasteiger partial charge in [0.15, 0.2) is 5.82 Å². The molecule has 0 atom stereocenters. The third kappa shape index (κ3) is 5.42. The molecule has 1 aromatic heterocycles. The summed E-state index contributed by atoms with van der Waals surface area (Å²) in [5.41, 5.74) is 2.85. The first-order valence-electron chi connectivity index (χ1n) is 9.52. The number of aryl methyl sites for hydroxylation is 1. The average Bonchev–Trinajstić information content (AvgIpc) is 2.70. The minimum absolute atomic E-state index is 0.704. The van der Waals surface area contributed by atoms with E-state index < -0.39 is 0 Å². The lowest BCUT2D eigenvalue weighted by Crippen LogP contribution is -2.34. The van der Waals surface area contributed by atoms with Gasteiger partial charge in [0.05, 0.1) is 18.0 Å². The predicted molar refractivity (Wildman–Crippen MR) is 107 cm³/mol. The summed E-state index contributed by atoms with van der Waals surface area (Å²) in [5, 5.41) is 12.4. The van der Waals surface area contributed by atoms with E-state index in [1.807, 2.05) is 44.2 Å². The molecule has 1 aromatic carbocycles. The number of rotatable bonds is 7.